The predicted molar refractivity (Wildman–Crippen MR) is 73.4 cm³/mol. The Balaban J connectivity index is 1.71. The zero-order chi connectivity index (χ0) is 14.2. The third-order valence-electron chi connectivity index (χ3n) is 2.83. The fourth-order valence-electron chi connectivity index (χ4n) is 1.74. The van der Waals surface area contributed by atoms with Crippen LogP contribution in [0.1, 0.15) is 18.4 Å². The number of carbonyl (C=O) groups excluding carboxylic acids is 1. The highest BCUT2D eigenvalue weighted by atomic mass is 16.5. The third kappa shape index (κ3) is 4.38. The van der Waals surface area contributed by atoms with Gasteiger partial charge in [-0.05, 0) is 41.8 Å². The van der Waals surface area contributed by atoms with Crippen LogP contribution in [0.4, 0.5) is 10.5 Å². The van der Waals surface area contributed by atoms with Crippen LogP contribution in [-0.2, 0) is 16.1 Å². The molecule has 0 saturated heterocycles. The van der Waals surface area contributed by atoms with Gasteiger partial charge >= 0.3 is 6.09 Å². The van der Waals surface area contributed by atoms with E-state index in [0.29, 0.717) is 18.8 Å². The maximum absolute atomic E-state index is 11.5. The van der Waals surface area contributed by atoms with Crippen molar-refractivity contribution in [3.63, 3.8) is 0 Å². The molecule has 20 heavy (non-hydrogen) atoms. The maximum atomic E-state index is 11.5. The average molecular weight is 276 g/mol. The first-order valence-electron chi connectivity index (χ1n) is 6.42. The van der Waals surface area contributed by atoms with Crippen LogP contribution < -0.4 is 5.32 Å². The lowest BCUT2D eigenvalue weighted by Crippen LogP contribution is -2.27. The number of benzene rings is 1. The van der Waals surface area contributed by atoms with Gasteiger partial charge in [0.25, 0.3) is 0 Å². The lowest BCUT2D eigenvalue weighted by atomic mass is 10.2. The van der Waals surface area contributed by atoms with Gasteiger partial charge in [0, 0.05) is 0 Å². The highest BCUT2D eigenvalue weighted by Crippen LogP contribution is 2.13. The van der Waals surface area contributed by atoms with Gasteiger partial charge in [-0.25, -0.2) is 4.79 Å². The van der Waals surface area contributed by atoms with Crippen LogP contribution in [0, 0.1) is 4.91 Å². The number of allylic oxidation sites excluding steroid dienone is 1. The predicted octanol–water partition coefficient (Wildman–Crippen LogP) is 3.01. The second-order valence-corrected chi connectivity index (χ2v) is 4.35. The summed E-state index contributed by atoms with van der Waals surface area (Å²) >= 11 is 0. The monoisotopic (exact) mass is 276 g/mol. The molecule has 0 atom stereocenters. The smallest absolute Gasteiger partial charge is 0.407 e. The molecule has 1 aliphatic rings. The molecule has 1 amide bonds. The van der Waals surface area contributed by atoms with Crippen LogP contribution in [0.5, 0.6) is 0 Å². The quantitative estimate of drug-likeness (QED) is 0.839. The molecule has 0 unspecified atom stereocenters. The van der Waals surface area contributed by atoms with Crippen molar-refractivity contribution in [2.24, 2.45) is 5.18 Å². The van der Waals surface area contributed by atoms with Crippen LogP contribution in [0.15, 0.2) is 41.3 Å². The summed E-state index contributed by atoms with van der Waals surface area (Å²) in [6.45, 7) is 1.18. The summed E-state index contributed by atoms with van der Waals surface area (Å²) < 4.78 is 10.4. The Bertz CT molecular complexity index is 496. The Labute approximate surface area is 116 Å². The molecular weight excluding hydrogens is 260 g/mol. The number of nitrogens with zero attached hydrogens (tertiary/aromatic N) is 1. The van der Waals surface area contributed by atoms with Crippen molar-refractivity contribution in [2.75, 3.05) is 13.2 Å². The Kier molecular flexibility index (Phi) is 5.11. The topological polar surface area (TPSA) is 77.0 Å². The van der Waals surface area contributed by atoms with E-state index in [0.717, 1.165) is 24.2 Å². The van der Waals surface area contributed by atoms with Crippen LogP contribution in [0.25, 0.3) is 0 Å². The van der Waals surface area contributed by atoms with Crippen LogP contribution in [0.2, 0.25) is 0 Å². The minimum atomic E-state index is -0.502. The normalized spacial score (nSPS) is 13.9. The zero-order valence-corrected chi connectivity index (χ0v) is 11.0. The van der Waals surface area contributed by atoms with E-state index in [1.54, 1.807) is 24.3 Å². The number of nitrogens with one attached hydrogen (secondary N) is 1. The van der Waals surface area contributed by atoms with E-state index >= 15 is 0 Å². The van der Waals surface area contributed by atoms with E-state index in [2.05, 4.69) is 10.5 Å². The van der Waals surface area contributed by atoms with Gasteiger partial charge in [0.05, 0.1) is 13.2 Å². The molecule has 0 saturated carbocycles. The minimum absolute atomic E-state index is 0.144. The van der Waals surface area contributed by atoms with Crippen molar-refractivity contribution >= 4 is 11.8 Å². The number of amides is 1. The maximum Gasteiger partial charge on any atom is 0.407 e. The molecule has 0 radical (unpaired) electrons. The van der Waals surface area contributed by atoms with Crippen molar-refractivity contribution in [3.8, 4) is 0 Å². The standard InChI is InChI=1S/C14H16N2O4/c17-14(15-9-13-3-1-2-8-19-13)20-10-11-4-6-12(16-18)7-5-11/h3-7H,1-2,8-10H2,(H,15,17). The third-order valence-corrected chi connectivity index (χ3v) is 2.83. The summed E-state index contributed by atoms with van der Waals surface area (Å²) in [6.07, 6.45) is 3.45. The first-order valence-corrected chi connectivity index (χ1v) is 6.42. The molecule has 0 bridgehead atoms. The molecule has 1 aromatic carbocycles. The molecule has 0 aliphatic carbocycles. The summed E-state index contributed by atoms with van der Waals surface area (Å²) in [5.74, 6) is 0.773. The number of ether oxygens (including phenoxy) is 2. The van der Waals surface area contributed by atoms with Gasteiger partial charge in [-0.1, -0.05) is 12.1 Å². The average Bonchev–Trinajstić information content (AvgIpc) is 2.52. The number of hydrogen-bond acceptors (Lipinski definition) is 5. The molecule has 0 aromatic heterocycles. The van der Waals surface area contributed by atoms with E-state index in [4.69, 9.17) is 9.47 Å². The van der Waals surface area contributed by atoms with Crippen molar-refractivity contribution in [1.82, 2.24) is 5.32 Å². The summed E-state index contributed by atoms with van der Waals surface area (Å²) in [6, 6.07) is 6.53. The van der Waals surface area contributed by atoms with E-state index in [1.807, 2.05) is 6.08 Å². The number of carbonyl (C=O) groups is 1. The van der Waals surface area contributed by atoms with Gasteiger partial charge in [-0.2, -0.15) is 0 Å². The van der Waals surface area contributed by atoms with Gasteiger partial charge < -0.3 is 14.8 Å². The number of hydrogen-bond donors (Lipinski definition) is 1. The van der Waals surface area contributed by atoms with Gasteiger partial charge in [0.1, 0.15) is 18.1 Å². The molecule has 106 valence electrons. The molecule has 0 fully saturated rings. The Morgan fingerprint density at radius 2 is 2.15 bits per heavy atom. The van der Waals surface area contributed by atoms with Gasteiger partial charge in [0.2, 0.25) is 0 Å². The molecule has 1 aromatic rings. The number of alkyl carbamates (subject to hydrolysis) is 1. The SMILES string of the molecule is O=Nc1ccc(COC(=O)NCC2=CCCCO2)cc1. The molecule has 1 N–H and O–H groups in total. The first kappa shape index (κ1) is 14.0. The minimum Gasteiger partial charge on any atom is -0.496 e. The molecule has 6 heteroatoms. The molecule has 1 heterocycles. The molecule has 2 rings (SSSR count). The summed E-state index contributed by atoms with van der Waals surface area (Å²) in [5, 5.41) is 5.42. The summed E-state index contributed by atoms with van der Waals surface area (Å²) in [4.78, 5) is 21.8. The lowest BCUT2D eigenvalue weighted by Gasteiger charge is -2.15. The zero-order valence-electron chi connectivity index (χ0n) is 11.0. The number of rotatable bonds is 5. The van der Waals surface area contributed by atoms with E-state index < -0.39 is 6.09 Å². The van der Waals surface area contributed by atoms with E-state index in [1.165, 1.54) is 0 Å². The number of nitroso groups, excluding NO2 is 1. The Morgan fingerprint density at radius 3 is 2.80 bits per heavy atom. The highest BCUT2D eigenvalue weighted by Gasteiger charge is 2.07. The Morgan fingerprint density at radius 1 is 1.35 bits per heavy atom. The molecule has 0 spiro atoms. The van der Waals surface area contributed by atoms with E-state index in [9.17, 15) is 9.70 Å². The lowest BCUT2D eigenvalue weighted by molar-refractivity contribution is 0.135. The summed E-state index contributed by atoms with van der Waals surface area (Å²) in [7, 11) is 0. The second kappa shape index (κ2) is 7.28. The van der Waals surface area contributed by atoms with Crippen LogP contribution in [-0.4, -0.2) is 19.2 Å². The first-order chi connectivity index (χ1) is 9.78. The van der Waals surface area contributed by atoms with Crippen molar-refractivity contribution in [1.29, 1.82) is 0 Å². The second-order valence-electron chi connectivity index (χ2n) is 4.35. The van der Waals surface area contributed by atoms with Crippen molar-refractivity contribution in [2.45, 2.75) is 19.4 Å². The highest BCUT2D eigenvalue weighted by molar-refractivity contribution is 5.67. The van der Waals surface area contributed by atoms with E-state index in [-0.39, 0.29) is 6.61 Å². The summed E-state index contributed by atoms with van der Waals surface area (Å²) in [5.41, 5.74) is 1.14. The van der Waals surface area contributed by atoms with Crippen LogP contribution >= 0.6 is 0 Å². The Hall–Kier alpha value is -2.37. The van der Waals surface area contributed by atoms with Gasteiger partial charge in [0.15, 0.2) is 0 Å². The molecule has 1 aliphatic heterocycles. The fraction of sp³-hybridized carbons (Fsp3) is 0.357. The molecule has 6 nitrogen and oxygen atoms in total. The van der Waals surface area contributed by atoms with Crippen molar-refractivity contribution in [3.05, 3.63) is 46.6 Å². The van der Waals surface area contributed by atoms with Gasteiger partial charge in [-0.15, -0.1) is 4.91 Å². The van der Waals surface area contributed by atoms with Crippen molar-refractivity contribution < 1.29 is 14.3 Å². The largest absolute Gasteiger partial charge is 0.496 e. The fourth-order valence-corrected chi connectivity index (χ4v) is 1.74. The molecular formula is C14H16N2O4. The van der Waals surface area contributed by atoms with Crippen LogP contribution in [0.3, 0.4) is 0 Å². The van der Waals surface area contributed by atoms with Gasteiger partial charge in [-0.3, -0.25) is 0 Å².